The van der Waals surface area contributed by atoms with Crippen LogP contribution in [0.2, 0.25) is 0 Å². The number of hydrogen-bond donors (Lipinski definition) is 1. The number of nitrogens with two attached hydrogens (primary N) is 1. The Balaban J connectivity index is 3.28. The van der Waals surface area contributed by atoms with Crippen molar-refractivity contribution in [2.24, 2.45) is 5.73 Å². The second-order valence-electron chi connectivity index (χ2n) is 3.90. The van der Waals surface area contributed by atoms with Crippen LogP contribution in [-0.2, 0) is 0 Å². The minimum atomic E-state index is -2.18. The highest BCUT2D eigenvalue weighted by Crippen LogP contribution is 2.29. The van der Waals surface area contributed by atoms with Crippen LogP contribution in [0.15, 0.2) is 12.2 Å². The molecule has 100 valence electrons. The summed E-state index contributed by atoms with van der Waals surface area (Å²) in [5.41, 5.74) is 5.03. The van der Waals surface area contributed by atoms with E-state index in [2.05, 4.69) is 6.58 Å². The first-order chi connectivity index (χ1) is 8.31. The molecule has 0 bridgehead atoms. The van der Waals surface area contributed by atoms with E-state index < -0.39 is 40.7 Å². The maximum Gasteiger partial charge on any atom is 0.200 e. The van der Waals surface area contributed by atoms with Crippen LogP contribution in [0.3, 0.4) is 0 Å². The summed E-state index contributed by atoms with van der Waals surface area (Å²) in [5.74, 6) is -9.93. The largest absolute Gasteiger partial charge is 0.323 e. The molecule has 2 N–H and O–H groups in total. The molecular weight excluding hydrogens is 253 g/mol. The van der Waals surface area contributed by atoms with Crippen molar-refractivity contribution in [3.8, 4) is 0 Å². The van der Waals surface area contributed by atoms with Crippen LogP contribution < -0.4 is 5.73 Å². The Kier molecular flexibility index (Phi) is 4.45. The first-order valence-corrected chi connectivity index (χ1v) is 5.24. The zero-order valence-corrected chi connectivity index (χ0v) is 9.67. The van der Waals surface area contributed by atoms with E-state index in [9.17, 15) is 22.0 Å². The lowest BCUT2D eigenvalue weighted by Gasteiger charge is -2.16. The fourth-order valence-electron chi connectivity index (χ4n) is 1.50. The molecule has 1 aromatic carbocycles. The third-order valence-electron chi connectivity index (χ3n) is 2.62. The van der Waals surface area contributed by atoms with Gasteiger partial charge in [-0.1, -0.05) is 19.1 Å². The van der Waals surface area contributed by atoms with Crippen molar-refractivity contribution in [1.29, 1.82) is 0 Å². The zero-order valence-electron chi connectivity index (χ0n) is 9.67. The summed E-state index contributed by atoms with van der Waals surface area (Å²) in [6.07, 6.45) is 0.456. The van der Waals surface area contributed by atoms with Crippen LogP contribution >= 0.6 is 0 Å². The van der Waals surface area contributed by atoms with Gasteiger partial charge in [0.25, 0.3) is 0 Å². The molecule has 0 saturated heterocycles. The molecule has 0 saturated carbocycles. The average Bonchev–Trinajstić information content (AvgIpc) is 2.34. The number of benzene rings is 1. The van der Waals surface area contributed by atoms with Gasteiger partial charge in [0, 0.05) is 11.6 Å². The summed E-state index contributed by atoms with van der Waals surface area (Å²) in [4.78, 5) is 0. The molecule has 0 aliphatic heterocycles. The Morgan fingerprint density at radius 1 is 1.00 bits per heavy atom. The predicted octanol–water partition coefficient (Wildman–Crippen LogP) is 3.74. The Morgan fingerprint density at radius 3 is 1.78 bits per heavy atom. The topological polar surface area (TPSA) is 26.0 Å². The first kappa shape index (κ1) is 14.6. The Hall–Kier alpha value is -1.43. The molecule has 0 spiro atoms. The third kappa shape index (κ3) is 2.53. The minimum absolute atomic E-state index is 0.0468. The van der Waals surface area contributed by atoms with Gasteiger partial charge in [0.15, 0.2) is 23.3 Å². The summed E-state index contributed by atoms with van der Waals surface area (Å²) < 4.78 is 65.4. The summed E-state index contributed by atoms with van der Waals surface area (Å²) >= 11 is 0. The molecule has 6 heteroatoms. The van der Waals surface area contributed by atoms with Crippen LogP contribution in [0, 0.1) is 29.1 Å². The van der Waals surface area contributed by atoms with E-state index in [1.807, 2.05) is 0 Å². The second-order valence-corrected chi connectivity index (χ2v) is 3.90. The van der Waals surface area contributed by atoms with Crippen LogP contribution in [0.1, 0.15) is 31.4 Å². The van der Waals surface area contributed by atoms with E-state index in [-0.39, 0.29) is 6.42 Å². The van der Waals surface area contributed by atoms with Crippen LogP contribution in [0.5, 0.6) is 0 Å². The van der Waals surface area contributed by atoms with Crippen LogP contribution in [0.25, 0.3) is 0 Å². The van der Waals surface area contributed by atoms with Crippen molar-refractivity contribution < 1.29 is 22.0 Å². The van der Waals surface area contributed by atoms with E-state index in [1.54, 1.807) is 6.92 Å². The molecule has 0 aliphatic rings. The number of hydrogen-bond acceptors (Lipinski definition) is 1. The molecule has 1 unspecified atom stereocenters. The van der Waals surface area contributed by atoms with Gasteiger partial charge in [-0.25, -0.2) is 22.0 Å². The minimum Gasteiger partial charge on any atom is -0.323 e. The quantitative estimate of drug-likeness (QED) is 0.381. The summed E-state index contributed by atoms with van der Waals surface area (Å²) in [5, 5.41) is 0. The first-order valence-electron chi connectivity index (χ1n) is 5.24. The molecule has 0 amide bonds. The summed E-state index contributed by atoms with van der Waals surface area (Å²) in [6, 6.07) is -1.32. The van der Waals surface area contributed by atoms with Crippen LogP contribution in [-0.4, -0.2) is 0 Å². The zero-order chi connectivity index (χ0) is 14.0. The molecule has 0 heterocycles. The van der Waals surface area contributed by atoms with Gasteiger partial charge in [-0.15, -0.1) is 0 Å². The molecule has 1 atom stereocenters. The van der Waals surface area contributed by atoms with Crippen molar-refractivity contribution in [3.05, 3.63) is 46.8 Å². The average molecular weight is 265 g/mol. The normalized spacial score (nSPS) is 12.6. The van der Waals surface area contributed by atoms with E-state index in [1.165, 1.54) is 0 Å². The smallest absolute Gasteiger partial charge is 0.200 e. The molecule has 0 radical (unpaired) electrons. The van der Waals surface area contributed by atoms with E-state index in [0.29, 0.717) is 12.0 Å². The molecule has 0 fully saturated rings. The fourth-order valence-corrected chi connectivity index (χ4v) is 1.50. The van der Waals surface area contributed by atoms with Gasteiger partial charge in [-0.05, 0) is 12.8 Å². The van der Waals surface area contributed by atoms with Gasteiger partial charge in [0.05, 0.1) is 0 Å². The second kappa shape index (κ2) is 5.48. The summed E-state index contributed by atoms with van der Waals surface area (Å²) in [6.45, 7) is 5.32. The third-order valence-corrected chi connectivity index (χ3v) is 2.62. The van der Waals surface area contributed by atoms with Crippen LogP contribution in [0.4, 0.5) is 22.0 Å². The Bertz CT molecular complexity index is 455. The van der Waals surface area contributed by atoms with E-state index in [0.717, 1.165) is 0 Å². The van der Waals surface area contributed by atoms with Crippen molar-refractivity contribution in [2.75, 3.05) is 0 Å². The van der Waals surface area contributed by atoms with Gasteiger partial charge >= 0.3 is 0 Å². The maximum absolute atomic E-state index is 13.4. The van der Waals surface area contributed by atoms with Crippen molar-refractivity contribution in [1.82, 2.24) is 0 Å². The van der Waals surface area contributed by atoms with Crippen molar-refractivity contribution >= 4 is 0 Å². The monoisotopic (exact) mass is 265 g/mol. The highest BCUT2D eigenvalue weighted by Gasteiger charge is 2.28. The standard InChI is InChI=1S/C12H12F5N/c1-3-5(2)4-6(18)7-8(13)10(15)12(17)11(16)9(7)14/h6H,2-4,18H2,1H3. The van der Waals surface area contributed by atoms with E-state index in [4.69, 9.17) is 5.73 Å². The van der Waals surface area contributed by atoms with Gasteiger partial charge < -0.3 is 5.73 Å². The van der Waals surface area contributed by atoms with Gasteiger partial charge in [0.2, 0.25) is 5.82 Å². The highest BCUT2D eigenvalue weighted by molar-refractivity contribution is 5.27. The molecule has 0 aliphatic carbocycles. The lowest BCUT2D eigenvalue weighted by Crippen LogP contribution is -2.18. The molecule has 1 rings (SSSR count). The van der Waals surface area contributed by atoms with Gasteiger partial charge in [0.1, 0.15) is 0 Å². The number of halogens is 5. The lowest BCUT2D eigenvalue weighted by molar-refractivity contribution is 0.363. The lowest BCUT2D eigenvalue weighted by atomic mass is 9.98. The summed E-state index contributed by atoms with van der Waals surface area (Å²) in [7, 11) is 0. The Labute approximate surface area is 101 Å². The Morgan fingerprint density at radius 2 is 1.39 bits per heavy atom. The SMILES string of the molecule is C=C(CC)CC(N)c1c(F)c(F)c(F)c(F)c1F. The van der Waals surface area contributed by atoms with Gasteiger partial charge in [-0.3, -0.25) is 0 Å². The predicted molar refractivity (Wildman–Crippen MR) is 57.2 cm³/mol. The molecule has 18 heavy (non-hydrogen) atoms. The van der Waals surface area contributed by atoms with Crippen molar-refractivity contribution in [3.63, 3.8) is 0 Å². The maximum atomic E-state index is 13.4. The van der Waals surface area contributed by atoms with E-state index >= 15 is 0 Å². The molecule has 1 nitrogen and oxygen atoms in total. The van der Waals surface area contributed by atoms with Crippen molar-refractivity contribution in [2.45, 2.75) is 25.8 Å². The molecule has 1 aromatic rings. The number of rotatable bonds is 4. The molecule has 0 aromatic heterocycles. The fraction of sp³-hybridized carbons (Fsp3) is 0.333. The highest BCUT2D eigenvalue weighted by atomic mass is 19.2. The molecular formula is C12H12F5N. The van der Waals surface area contributed by atoms with Gasteiger partial charge in [-0.2, -0.15) is 0 Å².